The molecule has 204 valence electrons. The van der Waals surface area contributed by atoms with E-state index < -0.39 is 0 Å². The maximum atomic E-state index is 12.8. The molecule has 0 bridgehead atoms. The molecule has 0 aliphatic heterocycles. The van der Waals surface area contributed by atoms with Gasteiger partial charge < -0.3 is 10.1 Å². The van der Waals surface area contributed by atoms with Crippen molar-refractivity contribution in [1.82, 2.24) is 9.97 Å². The number of nitrogens with zero attached hydrogens (tertiary/aromatic N) is 3. The van der Waals surface area contributed by atoms with Crippen molar-refractivity contribution in [2.24, 2.45) is 0 Å². The Hall–Kier alpha value is -3.87. The molecule has 0 atom stereocenters. The summed E-state index contributed by atoms with van der Waals surface area (Å²) in [6.07, 6.45) is 0.210. The summed E-state index contributed by atoms with van der Waals surface area (Å²) in [6, 6.07) is 26.8. The summed E-state index contributed by atoms with van der Waals surface area (Å²) in [6.45, 7) is 0. The zero-order chi connectivity index (χ0) is 28.8. The van der Waals surface area contributed by atoms with Crippen LogP contribution in [0.2, 0.25) is 10.0 Å². The Bertz CT molecular complexity index is 1740. The van der Waals surface area contributed by atoms with Gasteiger partial charge in [0.15, 0.2) is 5.13 Å². The van der Waals surface area contributed by atoms with Gasteiger partial charge in [0.1, 0.15) is 16.8 Å². The number of nitriles is 1. The summed E-state index contributed by atoms with van der Waals surface area (Å²) in [5.41, 5.74) is 5.20. The van der Waals surface area contributed by atoms with E-state index in [4.69, 9.17) is 32.9 Å². The first-order valence-electron chi connectivity index (χ1n) is 12.4. The van der Waals surface area contributed by atoms with E-state index in [2.05, 4.69) is 16.4 Å². The SMILES string of the molecule is COc1ccc(-c2cc(-c3ccccc3)nc(SCCC(=O)Nc3nc(-c4ccc(Cl)cc4Cl)cs3)c2C#N)cc1. The lowest BCUT2D eigenvalue weighted by Crippen LogP contribution is -2.12. The van der Waals surface area contributed by atoms with E-state index in [1.165, 1.54) is 23.1 Å². The number of amides is 1. The fourth-order valence-electron chi connectivity index (χ4n) is 4.06. The van der Waals surface area contributed by atoms with Gasteiger partial charge in [0.25, 0.3) is 0 Å². The first-order chi connectivity index (χ1) is 19.9. The van der Waals surface area contributed by atoms with Crippen molar-refractivity contribution in [3.8, 4) is 45.5 Å². The highest BCUT2D eigenvalue weighted by Gasteiger charge is 2.17. The predicted octanol–water partition coefficient (Wildman–Crippen LogP) is 8.85. The first-order valence-corrected chi connectivity index (χ1v) is 15.1. The summed E-state index contributed by atoms with van der Waals surface area (Å²) < 4.78 is 5.30. The summed E-state index contributed by atoms with van der Waals surface area (Å²) in [7, 11) is 1.61. The Balaban J connectivity index is 1.33. The Kier molecular flexibility index (Phi) is 9.22. The second-order valence-corrected chi connectivity index (χ2v) is 11.5. The van der Waals surface area contributed by atoms with Crippen LogP contribution >= 0.6 is 46.3 Å². The lowest BCUT2D eigenvalue weighted by Gasteiger charge is -2.13. The van der Waals surface area contributed by atoms with Crippen LogP contribution in [0.15, 0.2) is 89.3 Å². The molecule has 0 saturated heterocycles. The molecular weight excluding hydrogens is 595 g/mol. The third-order valence-electron chi connectivity index (χ3n) is 6.09. The fourth-order valence-corrected chi connectivity index (χ4v) is 6.24. The van der Waals surface area contributed by atoms with Gasteiger partial charge in [-0.3, -0.25) is 4.79 Å². The summed E-state index contributed by atoms with van der Waals surface area (Å²) >= 11 is 15.0. The maximum absolute atomic E-state index is 12.8. The molecule has 5 aromatic rings. The van der Waals surface area contributed by atoms with E-state index in [1.54, 1.807) is 25.3 Å². The number of aromatic nitrogens is 2. The Labute approximate surface area is 256 Å². The number of hydrogen-bond donors (Lipinski definition) is 1. The summed E-state index contributed by atoms with van der Waals surface area (Å²) in [4.78, 5) is 22.1. The van der Waals surface area contributed by atoms with E-state index in [0.29, 0.717) is 37.2 Å². The molecule has 3 aromatic carbocycles. The molecule has 0 aliphatic carbocycles. The van der Waals surface area contributed by atoms with E-state index in [9.17, 15) is 10.1 Å². The maximum Gasteiger partial charge on any atom is 0.226 e. The van der Waals surface area contributed by atoms with Gasteiger partial charge in [0, 0.05) is 39.3 Å². The number of carbonyl (C=O) groups excluding carboxylic acids is 1. The highest BCUT2D eigenvalue weighted by atomic mass is 35.5. The van der Waals surface area contributed by atoms with E-state index in [-0.39, 0.29) is 12.3 Å². The van der Waals surface area contributed by atoms with Crippen molar-refractivity contribution in [1.29, 1.82) is 5.26 Å². The molecule has 2 aromatic heterocycles. The predicted molar refractivity (Wildman–Crippen MR) is 168 cm³/mol. The normalized spacial score (nSPS) is 10.7. The van der Waals surface area contributed by atoms with Gasteiger partial charge in [-0.05, 0) is 42.0 Å². The molecule has 2 heterocycles. The van der Waals surface area contributed by atoms with Crippen molar-refractivity contribution in [2.45, 2.75) is 11.4 Å². The van der Waals surface area contributed by atoms with E-state index in [0.717, 1.165) is 33.7 Å². The van der Waals surface area contributed by atoms with Gasteiger partial charge in [-0.2, -0.15) is 5.26 Å². The number of thiazole rings is 1. The average Bonchev–Trinajstić information content (AvgIpc) is 3.45. The lowest BCUT2D eigenvalue weighted by atomic mass is 9.99. The molecular formula is C31H22Cl2N4O2S2. The largest absolute Gasteiger partial charge is 0.497 e. The third kappa shape index (κ3) is 6.89. The molecule has 0 spiro atoms. The van der Waals surface area contributed by atoms with Crippen molar-refractivity contribution < 1.29 is 9.53 Å². The molecule has 41 heavy (non-hydrogen) atoms. The van der Waals surface area contributed by atoms with Crippen LogP contribution in [0.4, 0.5) is 5.13 Å². The van der Waals surface area contributed by atoms with Crippen molar-refractivity contribution in [2.75, 3.05) is 18.2 Å². The van der Waals surface area contributed by atoms with Crippen LogP contribution in [0, 0.1) is 11.3 Å². The average molecular weight is 618 g/mol. The molecule has 1 amide bonds. The van der Waals surface area contributed by atoms with Gasteiger partial charge >= 0.3 is 0 Å². The monoisotopic (exact) mass is 616 g/mol. The highest BCUT2D eigenvalue weighted by molar-refractivity contribution is 7.99. The second-order valence-electron chi connectivity index (χ2n) is 8.75. The number of benzene rings is 3. The molecule has 0 unspecified atom stereocenters. The minimum atomic E-state index is -0.186. The van der Waals surface area contributed by atoms with Crippen LogP contribution in [0.3, 0.4) is 0 Å². The number of carbonyl (C=O) groups is 1. The van der Waals surface area contributed by atoms with Crippen molar-refractivity contribution >= 4 is 57.3 Å². The van der Waals surface area contributed by atoms with Gasteiger partial charge in [-0.1, -0.05) is 65.7 Å². The number of methoxy groups -OCH3 is 1. The molecule has 1 N–H and O–H groups in total. The molecule has 0 fully saturated rings. The van der Waals surface area contributed by atoms with Crippen molar-refractivity contribution in [3.05, 3.63) is 99.9 Å². The summed E-state index contributed by atoms with van der Waals surface area (Å²) in [5, 5.41) is 16.9. The molecule has 6 nitrogen and oxygen atoms in total. The minimum Gasteiger partial charge on any atom is -0.497 e. The van der Waals surface area contributed by atoms with Gasteiger partial charge in [-0.15, -0.1) is 23.1 Å². The van der Waals surface area contributed by atoms with Crippen LogP contribution in [-0.4, -0.2) is 28.7 Å². The number of halogens is 2. The van der Waals surface area contributed by atoms with Crippen LogP contribution in [-0.2, 0) is 4.79 Å². The van der Waals surface area contributed by atoms with Gasteiger partial charge in [0.05, 0.1) is 29.1 Å². The molecule has 0 radical (unpaired) electrons. The molecule has 0 aliphatic rings. The van der Waals surface area contributed by atoms with Crippen LogP contribution < -0.4 is 10.1 Å². The molecule has 10 heteroatoms. The Morgan fingerprint density at radius 2 is 1.76 bits per heavy atom. The topological polar surface area (TPSA) is 87.9 Å². The zero-order valence-corrected chi connectivity index (χ0v) is 24.9. The smallest absolute Gasteiger partial charge is 0.226 e. The fraction of sp³-hybridized carbons (Fsp3) is 0.0968. The lowest BCUT2D eigenvalue weighted by molar-refractivity contribution is -0.115. The zero-order valence-electron chi connectivity index (χ0n) is 21.7. The molecule has 0 saturated carbocycles. The number of thioether (sulfide) groups is 1. The van der Waals surface area contributed by atoms with E-state index >= 15 is 0 Å². The summed E-state index contributed by atoms with van der Waals surface area (Å²) in [5.74, 6) is 0.970. The molecule has 5 rings (SSSR count). The van der Waals surface area contributed by atoms with E-state index in [1.807, 2.05) is 66.0 Å². The van der Waals surface area contributed by atoms with Crippen LogP contribution in [0.5, 0.6) is 5.75 Å². The number of anilines is 1. The van der Waals surface area contributed by atoms with Crippen LogP contribution in [0.25, 0.3) is 33.6 Å². The third-order valence-corrected chi connectivity index (χ3v) is 8.38. The Morgan fingerprint density at radius 3 is 2.46 bits per heavy atom. The van der Waals surface area contributed by atoms with Crippen LogP contribution in [0.1, 0.15) is 12.0 Å². The number of rotatable bonds is 9. The Morgan fingerprint density at radius 1 is 0.976 bits per heavy atom. The van der Waals surface area contributed by atoms with Gasteiger partial charge in [0.2, 0.25) is 5.91 Å². The quantitative estimate of drug-likeness (QED) is 0.166. The second kappa shape index (κ2) is 13.2. The standard InChI is InChI=1S/C31H22Cl2N4O2S2/c1-39-22-10-7-19(8-11-22)24-16-27(20-5-3-2-4-6-20)35-30(25(24)17-34)40-14-13-29(38)37-31-36-28(18-41-31)23-12-9-21(32)15-26(23)33/h2-12,15-16,18H,13-14H2,1H3,(H,36,37,38). The minimum absolute atomic E-state index is 0.186. The number of nitrogens with one attached hydrogen (secondary N) is 1. The number of hydrogen-bond acceptors (Lipinski definition) is 7. The van der Waals surface area contributed by atoms with Gasteiger partial charge in [-0.25, -0.2) is 9.97 Å². The number of ether oxygens (including phenoxy) is 1. The van der Waals surface area contributed by atoms with Crippen molar-refractivity contribution in [3.63, 3.8) is 0 Å². The first kappa shape index (κ1) is 28.7. The number of pyridine rings is 1. The highest BCUT2D eigenvalue weighted by Crippen LogP contribution is 2.36.